The third kappa shape index (κ3) is 1.65. The first-order valence-corrected chi connectivity index (χ1v) is 7.17. The van der Waals surface area contributed by atoms with Crippen molar-refractivity contribution in [3.63, 3.8) is 0 Å². The third-order valence-electron chi connectivity index (χ3n) is 4.44. The summed E-state index contributed by atoms with van der Waals surface area (Å²) < 4.78 is 5.93. The summed E-state index contributed by atoms with van der Waals surface area (Å²) in [6.07, 6.45) is 2.73. The summed E-state index contributed by atoms with van der Waals surface area (Å²) in [6, 6.07) is 18.0. The van der Waals surface area contributed by atoms with Crippen LogP contribution in [0.15, 0.2) is 54.6 Å². The van der Waals surface area contributed by atoms with Gasteiger partial charge in [-0.05, 0) is 30.4 Å². The molecule has 2 heteroatoms. The number of fused-ring (bicyclic) bond motifs is 1. The predicted octanol–water partition coefficient (Wildman–Crippen LogP) is 3.72. The molecule has 0 N–H and O–H groups in total. The maximum absolute atomic E-state index is 12.9. The zero-order chi connectivity index (χ0) is 13.6. The van der Waals surface area contributed by atoms with Gasteiger partial charge in [0.1, 0.15) is 6.10 Å². The molecule has 0 saturated carbocycles. The quantitative estimate of drug-likeness (QED) is 0.735. The van der Waals surface area contributed by atoms with Crippen molar-refractivity contribution in [2.45, 2.75) is 31.0 Å². The van der Waals surface area contributed by atoms with Gasteiger partial charge in [0, 0.05) is 5.56 Å². The van der Waals surface area contributed by atoms with Crippen LogP contribution in [0.5, 0.6) is 0 Å². The van der Waals surface area contributed by atoms with Gasteiger partial charge in [-0.1, -0.05) is 54.6 Å². The van der Waals surface area contributed by atoms with E-state index in [0.29, 0.717) is 0 Å². The van der Waals surface area contributed by atoms with Crippen molar-refractivity contribution in [3.8, 4) is 0 Å². The molecule has 2 aromatic rings. The monoisotopic (exact) mass is 264 g/mol. The van der Waals surface area contributed by atoms with E-state index in [2.05, 4.69) is 6.07 Å². The van der Waals surface area contributed by atoms with Crippen LogP contribution in [0.4, 0.5) is 0 Å². The van der Waals surface area contributed by atoms with Crippen molar-refractivity contribution in [1.82, 2.24) is 0 Å². The van der Waals surface area contributed by atoms with Gasteiger partial charge in [-0.3, -0.25) is 4.79 Å². The van der Waals surface area contributed by atoms with Crippen molar-refractivity contribution in [1.29, 1.82) is 0 Å². The number of hydrogen-bond acceptors (Lipinski definition) is 2. The molecule has 0 bridgehead atoms. The molecule has 20 heavy (non-hydrogen) atoms. The molecule has 0 aromatic heterocycles. The number of ketones is 1. The topological polar surface area (TPSA) is 29.6 Å². The lowest BCUT2D eigenvalue weighted by molar-refractivity contribution is 0.0867. The Kier molecular flexibility index (Phi) is 2.54. The van der Waals surface area contributed by atoms with Crippen LogP contribution in [0.25, 0.3) is 0 Å². The fraction of sp³-hybridized carbons (Fsp3) is 0.278. The van der Waals surface area contributed by atoms with E-state index in [1.54, 1.807) is 0 Å². The van der Waals surface area contributed by atoms with Crippen LogP contribution in [-0.2, 0) is 11.2 Å². The van der Waals surface area contributed by atoms with E-state index in [0.717, 1.165) is 36.0 Å². The number of epoxide rings is 1. The van der Waals surface area contributed by atoms with Gasteiger partial charge >= 0.3 is 0 Å². The van der Waals surface area contributed by atoms with E-state index in [1.165, 1.54) is 0 Å². The molecule has 0 amide bonds. The number of benzene rings is 2. The second-order valence-corrected chi connectivity index (χ2v) is 5.64. The Morgan fingerprint density at radius 3 is 2.60 bits per heavy atom. The molecule has 1 saturated heterocycles. The Balaban J connectivity index is 1.73. The molecule has 2 atom stereocenters. The maximum Gasteiger partial charge on any atom is 0.197 e. The fourth-order valence-corrected chi connectivity index (χ4v) is 3.35. The standard InChI is InChI=1S/C18H16O2/c19-16-15-11-5-4-7-13(15)10-6-12-18(16)17(20-18)14-8-2-1-3-9-14/h1-5,7-9,11,17H,6,10,12H2/t17-,18-/m1/s1. The Morgan fingerprint density at radius 2 is 1.75 bits per heavy atom. The molecule has 1 aliphatic carbocycles. The average Bonchev–Trinajstić information content (AvgIpc) is 3.25. The van der Waals surface area contributed by atoms with E-state index >= 15 is 0 Å². The van der Waals surface area contributed by atoms with Gasteiger partial charge in [-0.2, -0.15) is 0 Å². The largest absolute Gasteiger partial charge is 0.352 e. The molecule has 1 heterocycles. The number of carbonyl (C=O) groups is 1. The highest BCUT2D eigenvalue weighted by Gasteiger charge is 2.62. The molecular formula is C18H16O2. The molecule has 1 aliphatic heterocycles. The summed E-state index contributed by atoms with van der Waals surface area (Å²) in [6.45, 7) is 0. The first-order valence-electron chi connectivity index (χ1n) is 7.17. The third-order valence-corrected chi connectivity index (χ3v) is 4.44. The molecule has 4 rings (SSSR count). The second-order valence-electron chi connectivity index (χ2n) is 5.64. The van der Waals surface area contributed by atoms with Crippen molar-refractivity contribution in [2.24, 2.45) is 0 Å². The highest BCUT2D eigenvalue weighted by molar-refractivity contribution is 6.06. The molecule has 0 radical (unpaired) electrons. The summed E-state index contributed by atoms with van der Waals surface area (Å²) in [5, 5.41) is 0. The first kappa shape index (κ1) is 11.9. The molecule has 2 nitrogen and oxygen atoms in total. The normalized spacial score (nSPS) is 28.0. The summed E-state index contributed by atoms with van der Waals surface area (Å²) in [7, 11) is 0. The molecule has 1 spiro atoms. The molecular weight excluding hydrogens is 248 g/mol. The Bertz CT molecular complexity index is 662. The minimum Gasteiger partial charge on any atom is -0.352 e. The maximum atomic E-state index is 12.9. The van der Waals surface area contributed by atoms with Crippen LogP contribution in [-0.4, -0.2) is 11.4 Å². The number of aryl methyl sites for hydroxylation is 1. The number of Topliss-reactive ketones (excluding diaryl/α,β-unsaturated/α-hetero) is 1. The minimum atomic E-state index is -0.603. The van der Waals surface area contributed by atoms with Gasteiger partial charge in [0.25, 0.3) is 0 Å². The lowest BCUT2D eigenvalue weighted by atomic mass is 9.89. The van der Waals surface area contributed by atoms with Crippen LogP contribution in [0.2, 0.25) is 0 Å². The van der Waals surface area contributed by atoms with Gasteiger partial charge in [0.05, 0.1) is 0 Å². The SMILES string of the molecule is O=C1c2ccccc2CCC[C@@]12O[C@@H]2c1ccccc1. The van der Waals surface area contributed by atoms with Gasteiger partial charge in [0.2, 0.25) is 0 Å². The average molecular weight is 264 g/mol. The first-order chi connectivity index (χ1) is 9.81. The molecule has 0 unspecified atom stereocenters. The van der Waals surface area contributed by atoms with Gasteiger partial charge in [0.15, 0.2) is 11.4 Å². The second kappa shape index (κ2) is 4.29. The van der Waals surface area contributed by atoms with Crippen molar-refractivity contribution >= 4 is 5.78 Å². The lowest BCUT2D eigenvalue weighted by Gasteiger charge is -2.09. The molecule has 2 aromatic carbocycles. The fourth-order valence-electron chi connectivity index (χ4n) is 3.35. The van der Waals surface area contributed by atoms with Crippen molar-refractivity contribution in [3.05, 3.63) is 71.3 Å². The van der Waals surface area contributed by atoms with E-state index in [4.69, 9.17) is 4.74 Å². The van der Waals surface area contributed by atoms with Gasteiger partial charge in [-0.25, -0.2) is 0 Å². The molecule has 100 valence electrons. The number of carbonyl (C=O) groups excluding carboxylic acids is 1. The number of rotatable bonds is 1. The predicted molar refractivity (Wildman–Crippen MR) is 76.7 cm³/mol. The smallest absolute Gasteiger partial charge is 0.197 e. The van der Waals surface area contributed by atoms with Gasteiger partial charge in [-0.15, -0.1) is 0 Å². The molecule has 2 aliphatic rings. The summed E-state index contributed by atoms with van der Waals surface area (Å²) in [5.41, 5.74) is 2.52. The highest BCUT2D eigenvalue weighted by Crippen LogP contribution is 2.55. The lowest BCUT2D eigenvalue weighted by Crippen LogP contribution is -2.24. The van der Waals surface area contributed by atoms with Gasteiger partial charge < -0.3 is 4.74 Å². The van der Waals surface area contributed by atoms with Crippen molar-refractivity contribution < 1.29 is 9.53 Å². The summed E-state index contributed by atoms with van der Waals surface area (Å²) in [5.74, 6) is 0.166. The summed E-state index contributed by atoms with van der Waals surface area (Å²) in [4.78, 5) is 12.9. The van der Waals surface area contributed by atoms with Crippen LogP contribution in [0.3, 0.4) is 0 Å². The van der Waals surface area contributed by atoms with E-state index in [-0.39, 0.29) is 11.9 Å². The zero-order valence-corrected chi connectivity index (χ0v) is 11.2. The Labute approximate surface area is 118 Å². The van der Waals surface area contributed by atoms with E-state index < -0.39 is 5.60 Å². The van der Waals surface area contributed by atoms with E-state index in [1.807, 2.05) is 48.5 Å². The highest BCUT2D eigenvalue weighted by atomic mass is 16.6. The number of ether oxygens (including phenoxy) is 1. The van der Waals surface area contributed by atoms with Crippen LogP contribution < -0.4 is 0 Å². The Hall–Kier alpha value is -1.93. The summed E-state index contributed by atoms with van der Waals surface area (Å²) >= 11 is 0. The van der Waals surface area contributed by atoms with Crippen LogP contribution >= 0.6 is 0 Å². The van der Waals surface area contributed by atoms with Crippen molar-refractivity contribution in [2.75, 3.05) is 0 Å². The molecule has 1 fully saturated rings. The minimum absolute atomic E-state index is 0.0673. The van der Waals surface area contributed by atoms with Crippen LogP contribution in [0, 0.1) is 0 Å². The Morgan fingerprint density at radius 1 is 1.00 bits per heavy atom. The van der Waals surface area contributed by atoms with Crippen LogP contribution in [0.1, 0.15) is 40.4 Å². The van der Waals surface area contributed by atoms with E-state index in [9.17, 15) is 4.79 Å². The number of hydrogen-bond donors (Lipinski definition) is 0. The zero-order valence-electron chi connectivity index (χ0n) is 11.2.